The molecule has 0 unspecified atom stereocenters. The van der Waals surface area contributed by atoms with E-state index in [-0.39, 0.29) is 24.0 Å². The predicted molar refractivity (Wildman–Crippen MR) is 125 cm³/mol. The van der Waals surface area contributed by atoms with Crippen molar-refractivity contribution in [2.75, 3.05) is 17.8 Å². The van der Waals surface area contributed by atoms with E-state index in [2.05, 4.69) is 9.97 Å². The Morgan fingerprint density at radius 3 is 2.62 bits per heavy atom. The minimum Gasteiger partial charge on any atom is -0.484 e. The molecule has 7 nitrogen and oxygen atoms in total. The van der Waals surface area contributed by atoms with Gasteiger partial charge in [-0.2, -0.15) is 0 Å². The molecular weight excluding hydrogens is 470 g/mol. The van der Waals surface area contributed by atoms with Crippen molar-refractivity contribution in [1.82, 2.24) is 9.97 Å². The number of anilines is 1. The number of carbonyl (C=O) groups excluding carboxylic acids is 1. The molecule has 0 saturated heterocycles. The van der Waals surface area contributed by atoms with Crippen molar-refractivity contribution in [2.24, 2.45) is 0 Å². The summed E-state index contributed by atoms with van der Waals surface area (Å²) in [6.45, 7) is 0.0435. The summed E-state index contributed by atoms with van der Waals surface area (Å²) < 4.78 is 30.1. The van der Waals surface area contributed by atoms with Gasteiger partial charge in [-0.15, -0.1) is 0 Å². The molecule has 0 N–H and O–H groups in total. The molecule has 0 aliphatic heterocycles. The lowest BCUT2D eigenvalue weighted by Gasteiger charge is -2.20. The van der Waals surface area contributed by atoms with Gasteiger partial charge >= 0.3 is 0 Å². The molecule has 0 bridgehead atoms. The maximum Gasteiger partial charge on any atom is 0.267 e. The highest BCUT2D eigenvalue weighted by Crippen LogP contribution is 2.31. The SMILES string of the molecule is CS(=O)(=O)c1ccc2nc(N(Cc3cccnc3)C(=O)COc3ccc(Cl)cc3)sc2c1. The van der Waals surface area contributed by atoms with Crippen LogP contribution in [0.1, 0.15) is 5.56 Å². The molecule has 4 rings (SSSR count). The summed E-state index contributed by atoms with van der Waals surface area (Å²) in [5.41, 5.74) is 1.43. The average molecular weight is 488 g/mol. The Kier molecular flexibility index (Phi) is 6.40. The van der Waals surface area contributed by atoms with Gasteiger partial charge in [0.05, 0.1) is 21.7 Å². The van der Waals surface area contributed by atoms with Crippen LogP contribution in [0.25, 0.3) is 10.2 Å². The first-order valence-corrected chi connectivity index (χ1v) is 12.6. The molecule has 10 heteroatoms. The van der Waals surface area contributed by atoms with Crippen molar-refractivity contribution in [1.29, 1.82) is 0 Å². The summed E-state index contributed by atoms with van der Waals surface area (Å²) in [6.07, 6.45) is 4.49. The number of aromatic nitrogens is 2. The largest absolute Gasteiger partial charge is 0.484 e. The van der Waals surface area contributed by atoms with Gasteiger partial charge in [-0.3, -0.25) is 14.7 Å². The van der Waals surface area contributed by atoms with Gasteiger partial charge in [-0.25, -0.2) is 13.4 Å². The maximum atomic E-state index is 13.1. The summed E-state index contributed by atoms with van der Waals surface area (Å²) in [6, 6.07) is 15.1. The Balaban J connectivity index is 1.64. The van der Waals surface area contributed by atoms with Gasteiger partial charge in [0.15, 0.2) is 21.6 Å². The highest BCUT2D eigenvalue weighted by Gasteiger charge is 2.22. The zero-order valence-electron chi connectivity index (χ0n) is 16.9. The topological polar surface area (TPSA) is 89.5 Å². The highest BCUT2D eigenvalue weighted by molar-refractivity contribution is 7.90. The van der Waals surface area contributed by atoms with Crippen LogP contribution >= 0.6 is 22.9 Å². The maximum absolute atomic E-state index is 13.1. The molecule has 1 amide bonds. The zero-order chi connectivity index (χ0) is 22.7. The van der Waals surface area contributed by atoms with Gasteiger partial charge in [0.25, 0.3) is 5.91 Å². The van der Waals surface area contributed by atoms with Crippen LogP contribution < -0.4 is 9.64 Å². The van der Waals surface area contributed by atoms with Crippen molar-refractivity contribution in [3.8, 4) is 5.75 Å². The van der Waals surface area contributed by atoms with Crippen molar-refractivity contribution in [3.63, 3.8) is 0 Å². The third-order valence-corrected chi connectivity index (χ3v) is 6.95. The Bertz CT molecular complexity index is 1360. The van der Waals surface area contributed by atoms with E-state index in [4.69, 9.17) is 16.3 Å². The number of thiazole rings is 1. The summed E-state index contributed by atoms with van der Waals surface area (Å²) in [5.74, 6) is 0.220. The minimum absolute atomic E-state index is 0.202. The van der Waals surface area contributed by atoms with Crippen molar-refractivity contribution >= 4 is 54.0 Å². The Labute approximate surface area is 194 Å². The summed E-state index contributed by atoms with van der Waals surface area (Å²) in [7, 11) is -3.35. The van der Waals surface area contributed by atoms with Crippen molar-refractivity contribution in [2.45, 2.75) is 11.4 Å². The van der Waals surface area contributed by atoms with Crippen LogP contribution in [0.4, 0.5) is 5.13 Å². The van der Waals surface area contributed by atoms with Gasteiger partial charge in [0.1, 0.15) is 5.75 Å². The number of rotatable bonds is 7. The van der Waals surface area contributed by atoms with Gasteiger partial charge < -0.3 is 4.74 Å². The fraction of sp³-hybridized carbons (Fsp3) is 0.136. The molecule has 2 heterocycles. The number of hydrogen-bond acceptors (Lipinski definition) is 7. The molecule has 32 heavy (non-hydrogen) atoms. The van der Waals surface area contributed by atoms with Gasteiger partial charge in [0, 0.05) is 23.7 Å². The number of benzene rings is 2. The smallest absolute Gasteiger partial charge is 0.267 e. The van der Waals surface area contributed by atoms with Gasteiger partial charge in [0.2, 0.25) is 0 Å². The number of sulfone groups is 1. The number of ether oxygens (including phenoxy) is 1. The monoisotopic (exact) mass is 487 g/mol. The van der Waals surface area contributed by atoms with E-state index in [0.29, 0.717) is 26.1 Å². The van der Waals surface area contributed by atoms with Crippen LogP contribution in [0.5, 0.6) is 5.75 Å². The minimum atomic E-state index is -3.35. The van der Waals surface area contributed by atoms with Crippen molar-refractivity contribution in [3.05, 3.63) is 77.6 Å². The fourth-order valence-corrected chi connectivity index (χ4v) is 4.80. The lowest BCUT2D eigenvalue weighted by Crippen LogP contribution is -2.34. The van der Waals surface area contributed by atoms with Gasteiger partial charge in [-0.1, -0.05) is 29.0 Å². The first kappa shape index (κ1) is 22.2. The number of carbonyl (C=O) groups is 1. The van der Waals surface area contributed by atoms with E-state index in [0.717, 1.165) is 11.8 Å². The van der Waals surface area contributed by atoms with Crippen LogP contribution in [-0.4, -0.2) is 37.2 Å². The average Bonchev–Trinajstić information content (AvgIpc) is 3.20. The molecule has 2 aromatic heterocycles. The van der Waals surface area contributed by atoms with E-state index in [1.807, 2.05) is 6.07 Å². The standard InChI is InChI=1S/C22H18ClN3O4S2/c1-32(28,29)18-8-9-19-20(11-18)31-22(25-19)26(13-15-3-2-10-24-12-15)21(27)14-30-17-6-4-16(23)5-7-17/h2-12H,13-14H2,1H3. The number of nitrogens with zero attached hydrogens (tertiary/aromatic N) is 3. The summed E-state index contributed by atoms with van der Waals surface area (Å²) in [5, 5.41) is 1.02. The van der Waals surface area contributed by atoms with E-state index >= 15 is 0 Å². The Morgan fingerprint density at radius 1 is 1.16 bits per heavy atom. The predicted octanol–water partition coefficient (Wildman–Crippen LogP) is 4.36. The molecule has 0 radical (unpaired) electrons. The number of amides is 1. The lowest BCUT2D eigenvalue weighted by atomic mass is 10.2. The van der Waals surface area contributed by atoms with Crippen LogP contribution in [0, 0.1) is 0 Å². The molecule has 0 aliphatic rings. The molecule has 0 atom stereocenters. The molecule has 0 aliphatic carbocycles. The number of hydrogen-bond donors (Lipinski definition) is 0. The number of fused-ring (bicyclic) bond motifs is 1. The van der Waals surface area contributed by atoms with E-state index in [1.54, 1.807) is 54.9 Å². The van der Waals surface area contributed by atoms with Crippen LogP contribution in [0.2, 0.25) is 5.02 Å². The zero-order valence-corrected chi connectivity index (χ0v) is 19.3. The number of halogens is 1. The fourth-order valence-electron chi connectivity index (χ4n) is 2.93. The molecule has 0 saturated carbocycles. The summed E-state index contributed by atoms with van der Waals surface area (Å²) in [4.78, 5) is 23.5. The second-order valence-corrected chi connectivity index (χ2v) is 10.4. The summed E-state index contributed by atoms with van der Waals surface area (Å²) >= 11 is 7.13. The second kappa shape index (κ2) is 9.23. The Hall–Kier alpha value is -3.01. The third-order valence-electron chi connectivity index (χ3n) is 4.55. The lowest BCUT2D eigenvalue weighted by molar-refractivity contribution is -0.120. The molecule has 0 spiro atoms. The normalized spacial score (nSPS) is 11.4. The highest BCUT2D eigenvalue weighted by atomic mass is 35.5. The van der Waals surface area contributed by atoms with Crippen LogP contribution in [-0.2, 0) is 21.2 Å². The quantitative estimate of drug-likeness (QED) is 0.384. The molecule has 164 valence electrons. The number of pyridine rings is 1. The van der Waals surface area contributed by atoms with E-state index < -0.39 is 9.84 Å². The third kappa shape index (κ3) is 5.24. The molecule has 4 aromatic rings. The van der Waals surface area contributed by atoms with E-state index in [1.165, 1.54) is 22.3 Å². The molecule has 0 fully saturated rings. The molecule has 2 aromatic carbocycles. The van der Waals surface area contributed by atoms with Crippen LogP contribution in [0.15, 0.2) is 71.9 Å². The first-order chi connectivity index (χ1) is 15.3. The second-order valence-electron chi connectivity index (χ2n) is 6.98. The van der Waals surface area contributed by atoms with Crippen LogP contribution in [0.3, 0.4) is 0 Å². The Morgan fingerprint density at radius 2 is 1.94 bits per heavy atom. The van der Waals surface area contributed by atoms with Crippen molar-refractivity contribution < 1.29 is 17.9 Å². The first-order valence-electron chi connectivity index (χ1n) is 9.48. The molecular formula is C22H18ClN3O4S2. The van der Waals surface area contributed by atoms with E-state index in [9.17, 15) is 13.2 Å². The van der Waals surface area contributed by atoms with Gasteiger partial charge in [-0.05, 0) is 54.1 Å².